The molecule has 19 heavy (non-hydrogen) atoms. The summed E-state index contributed by atoms with van der Waals surface area (Å²) >= 11 is 0. The van der Waals surface area contributed by atoms with Crippen molar-refractivity contribution in [1.82, 2.24) is 24.6 Å². The maximum Gasteiger partial charge on any atom is 0.262 e. The van der Waals surface area contributed by atoms with E-state index in [4.69, 9.17) is 0 Å². The summed E-state index contributed by atoms with van der Waals surface area (Å²) < 4.78 is 1.65. The van der Waals surface area contributed by atoms with E-state index < -0.39 is 0 Å². The van der Waals surface area contributed by atoms with Gasteiger partial charge in [0.05, 0.1) is 12.7 Å². The predicted octanol–water partition coefficient (Wildman–Crippen LogP) is 0.888. The van der Waals surface area contributed by atoms with Gasteiger partial charge in [-0.05, 0) is 25.3 Å². The molecule has 0 bridgehead atoms. The summed E-state index contributed by atoms with van der Waals surface area (Å²) in [7, 11) is 1.81. The van der Waals surface area contributed by atoms with Crippen molar-refractivity contribution < 1.29 is 0 Å². The molecular weight excluding hydrogens is 242 g/mol. The zero-order chi connectivity index (χ0) is 13.4. The van der Waals surface area contributed by atoms with Gasteiger partial charge in [0.25, 0.3) is 5.56 Å². The van der Waals surface area contributed by atoms with Gasteiger partial charge in [-0.25, -0.2) is 4.98 Å². The summed E-state index contributed by atoms with van der Waals surface area (Å²) in [5.74, 6) is 1.45. The van der Waals surface area contributed by atoms with Crippen molar-refractivity contribution in [3.05, 3.63) is 22.4 Å². The Morgan fingerprint density at radius 2 is 2.37 bits per heavy atom. The van der Waals surface area contributed by atoms with Crippen LogP contribution in [0.3, 0.4) is 0 Å². The van der Waals surface area contributed by atoms with Crippen LogP contribution in [0.2, 0.25) is 0 Å². The van der Waals surface area contributed by atoms with Crippen molar-refractivity contribution >= 4 is 11.0 Å². The number of hydrogen-bond donors (Lipinski definition) is 1. The number of nitrogens with zero attached hydrogens (tertiary/aromatic N) is 4. The first-order valence-corrected chi connectivity index (χ1v) is 6.77. The molecule has 0 spiro atoms. The van der Waals surface area contributed by atoms with Gasteiger partial charge in [0, 0.05) is 13.6 Å². The molecule has 1 fully saturated rings. The summed E-state index contributed by atoms with van der Waals surface area (Å²) in [6, 6.07) is 0. The highest BCUT2D eigenvalue weighted by Gasteiger charge is 2.17. The van der Waals surface area contributed by atoms with Crippen molar-refractivity contribution in [2.75, 3.05) is 13.1 Å². The lowest BCUT2D eigenvalue weighted by atomic mass is 10.0. The minimum absolute atomic E-state index is 0.0989. The predicted molar refractivity (Wildman–Crippen MR) is 72.8 cm³/mol. The molecule has 2 aromatic rings. The molecule has 0 saturated carbocycles. The summed E-state index contributed by atoms with van der Waals surface area (Å²) in [5.41, 5.74) is 0.557. The second-order valence-corrected chi connectivity index (χ2v) is 5.50. The lowest BCUT2D eigenvalue weighted by molar-refractivity contribution is 0.173. The molecule has 1 unspecified atom stereocenters. The van der Waals surface area contributed by atoms with Gasteiger partial charge < -0.3 is 4.98 Å². The third kappa shape index (κ3) is 2.40. The quantitative estimate of drug-likeness (QED) is 0.871. The molecule has 102 valence electrons. The van der Waals surface area contributed by atoms with Gasteiger partial charge in [-0.15, -0.1) is 0 Å². The molecule has 1 N–H and O–H groups in total. The minimum atomic E-state index is -0.0989. The van der Waals surface area contributed by atoms with Gasteiger partial charge in [0.1, 0.15) is 11.2 Å². The van der Waals surface area contributed by atoms with E-state index in [1.54, 1.807) is 10.9 Å². The highest BCUT2D eigenvalue weighted by Crippen LogP contribution is 2.16. The number of rotatable bonds is 2. The number of aromatic nitrogens is 4. The summed E-state index contributed by atoms with van der Waals surface area (Å²) in [4.78, 5) is 21.7. The molecule has 1 aliphatic rings. The third-order valence-corrected chi connectivity index (χ3v) is 3.77. The van der Waals surface area contributed by atoms with E-state index in [-0.39, 0.29) is 5.56 Å². The highest BCUT2D eigenvalue weighted by molar-refractivity contribution is 5.72. The Kier molecular flexibility index (Phi) is 3.10. The zero-order valence-corrected chi connectivity index (χ0v) is 11.4. The average Bonchev–Trinajstić information content (AvgIpc) is 2.72. The standard InChI is InChI=1S/C13H19N5O/c1-9-4-3-5-18(7-9)8-11-15-12-10(13(19)16-11)6-14-17(12)2/h6,9H,3-5,7-8H2,1-2H3,(H,15,16,19). The number of H-pyrrole nitrogens is 1. The maximum absolute atomic E-state index is 12.0. The van der Waals surface area contributed by atoms with Crippen LogP contribution in [0.5, 0.6) is 0 Å². The zero-order valence-electron chi connectivity index (χ0n) is 11.4. The Balaban J connectivity index is 1.88. The second-order valence-electron chi connectivity index (χ2n) is 5.50. The highest BCUT2D eigenvalue weighted by atomic mass is 16.1. The van der Waals surface area contributed by atoms with E-state index in [1.807, 2.05) is 7.05 Å². The summed E-state index contributed by atoms with van der Waals surface area (Å²) in [5, 5.41) is 4.63. The van der Waals surface area contributed by atoms with Crippen LogP contribution in [-0.2, 0) is 13.6 Å². The van der Waals surface area contributed by atoms with Crippen LogP contribution < -0.4 is 5.56 Å². The van der Waals surface area contributed by atoms with Gasteiger partial charge in [-0.2, -0.15) is 5.10 Å². The van der Waals surface area contributed by atoms with Crippen molar-refractivity contribution in [2.24, 2.45) is 13.0 Å². The third-order valence-electron chi connectivity index (χ3n) is 3.77. The minimum Gasteiger partial charge on any atom is -0.309 e. The lowest BCUT2D eigenvalue weighted by Gasteiger charge is -2.30. The molecule has 0 amide bonds. The largest absolute Gasteiger partial charge is 0.309 e. The molecule has 0 aliphatic carbocycles. The van der Waals surface area contributed by atoms with Crippen molar-refractivity contribution in [1.29, 1.82) is 0 Å². The van der Waals surface area contributed by atoms with Crippen LogP contribution in [0.25, 0.3) is 11.0 Å². The summed E-state index contributed by atoms with van der Waals surface area (Å²) in [6.45, 7) is 5.14. The van der Waals surface area contributed by atoms with E-state index in [1.165, 1.54) is 12.8 Å². The van der Waals surface area contributed by atoms with E-state index >= 15 is 0 Å². The molecule has 1 atom stereocenters. The number of aromatic amines is 1. The molecule has 6 heteroatoms. The second kappa shape index (κ2) is 4.77. The van der Waals surface area contributed by atoms with Crippen molar-refractivity contribution in [3.8, 4) is 0 Å². The Hall–Kier alpha value is -1.69. The monoisotopic (exact) mass is 261 g/mol. The fourth-order valence-electron chi connectivity index (χ4n) is 2.80. The van der Waals surface area contributed by atoms with Gasteiger partial charge in [-0.1, -0.05) is 6.92 Å². The number of piperidine rings is 1. The van der Waals surface area contributed by atoms with Gasteiger partial charge in [0.15, 0.2) is 5.65 Å². The molecule has 0 aromatic carbocycles. The smallest absolute Gasteiger partial charge is 0.262 e. The number of aryl methyl sites for hydroxylation is 1. The SMILES string of the molecule is CC1CCCN(Cc2nc3c(cnn3C)c(=O)[nH]2)C1. The lowest BCUT2D eigenvalue weighted by Crippen LogP contribution is -2.34. The van der Waals surface area contributed by atoms with Crippen LogP contribution >= 0.6 is 0 Å². The molecule has 2 aromatic heterocycles. The topological polar surface area (TPSA) is 66.8 Å². The van der Waals surface area contributed by atoms with Gasteiger partial charge in [0.2, 0.25) is 0 Å². The van der Waals surface area contributed by atoms with E-state index in [0.29, 0.717) is 17.6 Å². The van der Waals surface area contributed by atoms with Crippen LogP contribution in [0, 0.1) is 5.92 Å². The van der Waals surface area contributed by atoms with Crippen LogP contribution in [-0.4, -0.2) is 37.7 Å². The van der Waals surface area contributed by atoms with Crippen LogP contribution in [0.15, 0.2) is 11.0 Å². The number of fused-ring (bicyclic) bond motifs is 1. The number of nitrogens with one attached hydrogen (secondary N) is 1. The Morgan fingerprint density at radius 1 is 1.53 bits per heavy atom. The molecule has 6 nitrogen and oxygen atoms in total. The molecular formula is C13H19N5O. The van der Waals surface area contributed by atoms with Gasteiger partial charge in [-0.3, -0.25) is 14.4 Å². The molecule has 0 radical (unpaired) electrons. The fourth-order valence-corrected chi connectivity index (χ4v) is 2.80. The molecule has 3 rings (SSSR count). The van der Waals surface area contributed by atoms with Crippen LogP contribution in [0.1, 0.15) is 25.6 Å². The summed E-state index contributed by atoms with van der Waals surface area (Å²) in [6.07, 6.45) is 4.08. The first kappa shape index (κ1) is 12.3. The molecule has 3 heterocycles. The normalized spacial score (nSPS) is 21.1. The first-order chi connectivity index (χ1) is 9.13. The number of hydrogen-bond acceptors (Lipinski definition) is 4. The Labute approximate surface area is 111 Å². The van der Waals surface area contributed by atoms with Crippen molar-refractivity contribution in [2.45, 2.75) is 26.3 Å². The van der Waals surface area contributed by atoms with E-state index in [2.05, 4.69) is 26.9 Å². The Bertz CT molecular complexity index is 644. The molecule has 1 saturated heterocycles. The van der Waals surface area contributed by atoms with Gasteiger partial charge >= 0.3 is 0 Å². The molecule has 1 aliphatic heterocycles. The van der Waals surface area contributed by atoms with E-state index in [9.17, 15) is 4.79 Å². The van der Waals surface area contributed by atoms with E-state index in [0.717, 1.165) is 24.8 Å². The van der Waals surface area contributed by atoms with Crippen LogP contribution in [0.4, 0.5) is 0 Å². The fraction of sp³-hybridized carbons (Fsp3) is 0.615. The first-order valence-electron chi connectivity index (χ1n) is 6.77. The Morgan fingerprint density at radius 3 is 3.16 bits per heavy atom. The number of likely N-dealkylation sites (tertiary alicyclic amines) is 1. The average molecular weight is 261 g/mol. The maximum atomic E-state index is 12.0. The van der Waals surface area contributed by atoms with Crippen molar-refractivity contribution in [3.63, 3.8) is 0 Å².